The summed E-state index contributed by atoms with van der Waals surface area (Å²) >= 11 is 0. The molecule has 1 N–H and O–H groups in total. The average molecular weight is 297 g/mol. The van der Waals surface area contributed by atoms with E-state index in [1.165, 1.54) is 32.1 Å². The molecule has 0 aliphatic carbocycles. The molecule has 21 heavy (non-hydrogen) atoms. The van der Waals surface area contributed by atoms with Gasteiger partial charge in [0, 0.05) is 32.1 Å². The average Bonchev–Trinajstić information content (AvgIpc) is 2.47. The fourth-order valence-corrected chi connectivity index (χ4v) is 2.13. The fraction of sp³-hybridized carbons (Fsp3) is 0.833. The van der Waals surface area contributed by atoms with Gasteiger partial charge in [-0.25, -0.2) is 0 Å². The monoisotopic (exact) mass is 297 g/mol. The van der Waals surface area contributed by atoms with Crippen LogP contribution in [0.25, 0.3) is 0 Å². The molecule has 0 aliphatic rings. The van der Waals surface area contributed by atoms with Crippen LogP contribution in [0.5, 0.6) is 0 Å². The van der Waals surface area contributed by atoms with Crippen molar-refractivity contribution in [2.45, 2.75) is 71.6 Å². The van der Waals surface area contributed by atoms with Gasteiger partial charge in [-0.1, -0.05) is 46.1 Å². The fourth-order valence-electron chi connectivity index (χ4n) is 2.13. The third-order valence-corrected chi connectivity index (χ3v) is 3.61. The molecule has 0 unspecified atom stereocenters. The lowest BCUT2D eigenvalue weighted by Gasteiger charge is -2.06. The molecular weight excluding hydrogens is 262 g/mol. The maximum atomic E-state index is 11.4. The first-order valence-corrected chi connectivity index (χ1v) is 8.63. The topological polar surface area (TPSA) is 38.3 Å². The highest BCUT2D eigenvalue weighted by Crippen LogP contribution is 2.07. The Morgan fingerprint density at radius 2 is 1.57 bits per heavy atom. The number of rotatable bonds is 16. The van der Waals surface area contributed by atoms with E-state index in [1.807, 2.05) is 13.8 Å². The molecule has 0 heterocycles. The molecule has 0 bridgehead atoms. The van der Waals surface area contributed by atoms with Gasteiger partial charge in [0.15, 0.2) is 0 Å². The Labute approximate surface area is 131 Å². The van der Waals surface area contributed by atoms with Crippen LogP contribution in [-0.4, -0.2) is 25.5 Å². The highest BCUT2D eigenvalue weighted by atomic mass is 16.5. The predicted molar refractivity (Wildman–Crippen MR) is 90.4 cm³/mol. The maximum Gasteiger partial charge on any atom is 0.135 e. The third-order valence-electron chi connectivity index (χ3n) is 3.61. The molecule has 0 aromatic carbocycles. The molecule has 0 aromatic rings. The van der Waals surface area contributed by atoms with E-state index >= 15 is 0 Å². The lowest BCUT2D eigenvalue weighted by atomic mass is 10.0. The van der Waals surface area contributed by atoms with Crippen LogP contribution in [0.4, 0.5) is 0 Å². The highest BCUT2D eigenvalue weighted by Gasteiger charge is 2.05. The van der Waals surface area contributed by atoms with Gasteiger partial charge in [0.2, 0.25) is 0 Å². The van der Waals surface area contributed by atoms with E-state index in [9.17, 15) is 4.79 Å². The molecule has 0 saturated heterocycles. The number of unbranched alkanes of at least 4 members (excludes halogenated alkanes) is 6. The Bertz CT molecular complexity index is 252. The van der Waals surface area contributed by atoms with E-state index in [1.54, 1.807) is 6.20 Å². The molecule has 0 atom stereocenters. The van der Waals surface area contributed by atoms with Crippen LogP contribution in [0.3, 0.4) is 0 Å². The van der Waals surface area contributed by atoms with E-state index in [0.717, 1.165) is 45.4 Å². The second-order valence-corrected chi connectivity index (χ2v) is 5.97. The molecule has 0 aliphatic heterocycles. The Hall–Kier alpha value is -0.830. The molecule has 0 spiro atoms. The molecule has 0 saturated carbocycles. The van der Waals surface area contributed by atoms with Crippen LogP contribution in [0.15, 0.2) is 12.8 Å². The number of hydrogen-bond donors (Lipinski definition) is 1. The number of carbonyl (C=O) groups is 1. The van der Waals surface area contributed by atoms with Gasteiger partial charge >= 0.3 is 0 Å². The summed E-state index contributed by atoms with van der Waals surface area (Å²) in [7, 11) is 0. The summed E-state index contributed by atoms with van der Waals surface area (Å²) in [5, 5.41) is 3.11. The van der Waals surface area contributed by atoms with Crippen LogP contribution in [0, 0.1) is 5.92 Å². The van der Waals surface area contributed by atoms with Gasteiger partial charge in [0.05, 0.1) is 0 Å². The maximum absolute atomic E-state index is 11.4. The lowest BCUT2D eigenvalue weighted by molar-refractivity contribution is -0.122. The Morgan fingerprint density at radius 3 is 2.19 bits per heavy atom. The minimum absolute atomic E-state index is 0.189. The zero-order valence-corrected chi connectivity index (χ0v) is 14.2. The predicted octanol–water partition coefficient (Wildman–Crippen LogP) is 4.47. The van der Waals surface area contributed by atoms with Crippen molar-refractivity contribution in [1.82, 2.24) is 5.32 Å². The van der Waals surface area contributed by atoms with Crippen molar-refractivity contribution in [3.8, 4) is 0 Å². The number of ketones is 1. The SMILES string of the molecule is C=CNCCCCCCCOCCCCCC(=O)C(C)C. The number of ether oxygens (including phenoxy) is 1. The lowest BCUT2D eigenvalue weighted by Crippen LogP contribution is -2.06. The van der Waals surface area contributed by atoms with Crippen molar-refractivity contribution in [1.29, 1.82) is 0 Å². The van der Waals surface area contributed by atoms with E-state index in [2.05, 4.69) is 11.9 Å². The summed E-state index contributed by atoms with van der Waals surface area (Å²) in [4.78, 5) is 11.4. The van der Waals surface area contributed by atoms with Crippen LogP contribution in [-0.2, 0) is 9.53 Å². The van der Waals surface area contributed by atoms with Gasteiger partial charge < -0.3 is 10.1 Å². The van der Waals surface area contributed by atoms with Gasteiger partial charge in [-0.3, -0.25) is 4.79 Å². The molecule has 0 radical (unpaired) electrons. The molecule has 0 aromatic heterocycles. The first-order valence-electron chi connectivity index (χ1n) is 8.63. The summed E-state index contributed by atoms with van der Waals surface area (Å²) in [5.41, 5.74) is 0. The van der Waals surface area contributed by atoms with Gasteiger partial charge in [-0.2, -0.15) is 0 Å². The molecule has 3 nitrogen and oxygen atoms in total. The smallest absolute Gasteiger partial charge is 0.135 e. The molecule has 0 rings (SSSR count). The van der Waals surface area contributed by atoms with Crippen LogP contribution >= 0.6 is 0 Å². The summed E-state index contributed by atoms with van der Waals surface area (Å²) in [6.45, 7) is 10.3. The van der Waals surface area contributed by atoms with E-state index in [-0.39, 0.29) is 5.92 Å². The zero-order valence-electron chi connectivity index (χ0n) is 14.2. The Kier molecular flexibility index (Phi) is 14.9. The van der Waals surface area contributed by atoms with Gasteiger partial charge in [-0.15, -0.1) is 0 Å². The normalized spacial score (nSPS) is 10.8. The minimum Gasteiger partial charge on any atom is -0.391 e. The Morgan fingerprint density at radius 1 is 1.00 bits per heavy atom. The van der Waals surface area contributed by atoms with E-state index in [4.69, 9.17) is 4.74 Å². The van der Waals surface area contributed by atoms with Gasteiger partial charge in [-0.05, 0) is 31.9 Å². The Balaban J connectivity index is 3.06. The molecule has 0 amide bonds. The largest absolute Gasteiger partial charge is 0.391 e. The number of hydrogen-bond acceptors (Lipinski definition) is 3. The number of carbonyl (C=O) groups excluding carboxylic acids is 1. The first-order chi connectivity index (χ1) is 10.2. The van der Waals surface area contributed by atoms with Crippen molar-refractivity contribution >= 4 is 5.78 Å². The molecule has 3 heteroatoms. The van der Waals surface area contributed by atoms with E-state index in [0.29, 0.717) is 5.78 Å². The molecule has 124 valence electrons. The summed E-state index contributed by atoms with van der Waals surface area (Å²) < 4.78 is 5.62. The number of nitrogens with one attached hydrogen (secondary N) is 1. The molecule has 0 fully saturated rings. The quantitative estimate of drug-likeness (QED) is 0.427. The van der Waals surface area contributed by atoms with Crippen LogP contribution in [0.1, 0.15) is 71.6 Å². The van der Waals surface area contributed by atoms with E-state index < -0.39 is 0 Å². The summed E-state index contributed by atoms with van der Waals surface area (Å²) in [6, 6.07) is 0. The van der Waals surface area contributed by atoms with Crippen molar-refractivity contribution < 1.29 is 9.53 Å². The first kappa shape index (κ1) is 20.2. The van der Waals surface area contributed by atoms with Gasteiger partial charge in [0.1, 0.15) is 5.78 Å². The van der Waals surface area contributed by atoms with Crippen molar-refractivity contribution in [3.05, 3.63) is 12.8 Å². The number of Topliss-reactive ketones (excluding diaryl/α,β-unsaturated/α-hetero) is 1. The third kappa shape index (κ3) is 15.4. The summed E-state index contributed by atoms with van der Waals surface area (Å²) in [5.74, 6) is 0.577. The second kappa shape index (κ2) is 15.6. The van der Waals surface area contributed by atoms with Crippen LogP contribution < -0.4 is 5.32 Å². The van der Waals surface area contributed by atoms with Crippen molar-refractivity contribution in [2.75, 3.05) is 19.8 Å². The minimum atomic E-state index is 0.189. The second-order valence-electron chi connectivity index (χ2n) is 5.97. The molecular formula is C18H35NO2. The zero-order chi connectivity index (χ0) is 15.8. The summed E-state index contributed by atoms with van der Waals surface area (Å²) in [6.07, 6.45) is 11.9. The van der Waals surface area contributed by atoms with Gasteiger partial charge in [0.25, 0.3) is 0 Å². The standard InChI is InChI=1S/C18H35NO2/c1-4-19-14-10-6-5-7-11-15-21-16-12-8-9-13-18(20)17(2)3/h4,17,19H,1,5-16H2,2-3H3. The van der Waals surface area contributed by atoms with Crippen LogP contribution in [0.2, 0.25) is 0 Å². The highest BCUT2D eigenvalue weighted by molar-refractivity contribution is 5.80. The van der Waals surface area contributed by atoms with Crippen molar-refractivity contribution in [3.63, 3.8) is 0 Å². The van der Waals surface area contributed by atoms with Crippen molar-refractivity contribution in [2.24, 2.45) is 5.92 Å².